The fraction of sp³-hybridized carbons (Fsp3) is 0.182. The summed E-state index contributed by atoms with van der Waals surface area (Å²) in [5, 5.41) is 1.77. The number of hydrogen-bond acceptors (Lipinski definition) is 4. The minimum absolute atomic E-state index is 0.0461. The summed E-state index contributed by atoms with van der Waals surface area (Å²) >= 11 is 0. The van der Waals surface area contributed by atoms with Gasteiger partial charge in [-0.3, -0.25) is 9.59 Å². The van der Waals surface area contributed by atoms with Crippen LogP contribution in [0.25, 0.3) is 10.8 Å². The van der Waals surface area contributed by atoms with Gasteiger partial charge in [-0.2, -0.15) is 0 Å². The summed E-state index contributed by atoms with van der Waals surface area (Å²) in [4.78, 5) is 23.9. The number of allylic oxidation sites excluding steroid dienone is 3. The lowest BCUT2D eigenvalue weighted by molar-refractivity contribution is -0.136. The molecule has 0 saturated carbocycles. The standard InChI is InChI=1S/C20H16O4.C2H6/c1-13-18(24-14(2)21)10-6-5-9-17(22)20-16-8-4-3-7-15(16)11-12-19(20)23-13;1-2/h3-8,10-12H,1,9H2,2H3;1-2H3/b6-5-,18-10+;. The number of ether oxygens (including phenoxy) is 2. The van der Waals surface area contributed by atoms with Gasteiger partial charge in [0.05, 0.1) is 5.56 Å². The molecule has 4 heteroatoms. The zero-order chi connectivity index (χ0) is 19.1. The van der Waals surface area contributed by atoms with Crippen LogP contribution in [-0.4, -0.2) is 11.8 Å². The molecule has 3 rings (SSSR count). The molecule has 0 unspecified atom stereocenters. The number of rotatable bonds is 1. The van der Waals surface area contributed by atoms with Crippen molar-refractivity contribution < 1.29 is 19.1 Å². The zero-order valence-corrected chi connectivity index (χ0v) is 15.2. The lowest BCUT2D eigenvalue weighted by atomic mass is 9.98. The molecular weight excluding hydrogens is 328 g/mol. The Morgan fingerprint density at radius 1 is 1.15 bits per heavy atom. The van der Waals surface area contributed by atoms with Crippen LogP contribution in [0.4, 0.5) is 0 Å². The first-order chi connectivity index (χ1) is 12.6. The van der Waals surface area contributed by atoms with E-state index in [1.807, 2.05) is 44.2 Å². The Kier molecular flexibility index (Phi) is 6.50. The van der Waals surface area contributed by atoms with E-state index < -0.39 is 5.97 Å². The van der Waals surface area contributed by atoms with Crippen LogP contribution in [0.15, 0.2) is 72.7 Å². The molecule has 0 bridgehead atoms. The van der Waals surface area contributed by atoms with Crippen LogP contribution in [0, 0.1) is 0 Å². The topological polar surface area (TPSA) is 52.6 Å². The number of Topliss-reactive ketones (excluding diaryl/α,β-unsaturated/α-hetero) is 1. The van der Waals surface area contributed by atoms with Crippen molar-refractivity contribution in [3.8, 4) is 5.75 Å². The molecule has 2 aromatic carbocycles. The van der Waals surface area contributed by atoms with Gasteiger partial charge in [-0.05, 0) is 22.9 Å². The molecule has 2 aromatic rings. The number of benzene rings is 2. The third-order valence-electron chi connectivity index (χ3n) is 3.62. The van der Waals surface area contributed by atoms with Crippen LogP contribution in [0.5, 0.6) is 5.75 Å². The maximum atomic E-state index is 12.6. The minimum Gasteiger partial charge on any atom is -0.453 e. The summed E-state index contributed by atoms with van der Waals surface area (Å²) in [6.07, 6.45) is 5.15. The molecule has 0 fully saturated rings. The number of carbonyl (C=O) groups is 2. The van der Waals surface area contributed by atoms with Gasteiger partial charge in [-0.1, -0.05) is 62.9 Å². The molecule has 0 saturated heterocycles. The Balaban J connectivity index is 0.00000117. The van der Waals surface area contributed by atoms with E-state index in [-0.39, 0.29) is 23.7 Å². The van der Waals surface area contributed by atoms with E-state index >= 15 is 0 Å². The summed E-state index contributed by atoms with van der Waals surface area (Å²) in [5.74, 6) is 0.270. The lowest BCUT2D eigenvalue weighted by Gasteiger charge is -2.16. The number of carbonyl (C=O) groups excluding carboxylic acids is 2. The van der Waals surface area contributed by atoms with Gasteiger partial charge in [0.1, 0.15) is 5.75 Å². The van der Waals surface area contributed by atoms with Gasteiger partial charge in [-0.25, -0.2) is 0 Å². The van der Waals surface area contributed by atoms with Gasteiger partial charge < -0.3 is 9.47 Å². The normalized spacial score (nSPS) is 17.0. The third-order valence-corrected chi connectivity index (χ3v) is 3.62. The van der Waals surface area contributed by atoms with E-state index in [0.29, 0.717) is 11.3 Å². The lowest BCUT2D eigenvalue weighted by Crippen LogP contribution is -2.09. The number of esters is 1. The summed E-state index contributed by atoms with van der Waals surface area (Å²) in [5.41, 5.74) is 0.503. The van der Waals surface area contributed by atoms with Crippen molar-refractivity contribution in [1.82, 2.24) is 0 Å². The van der Waals surface area contributed by atoms with E-state index in [0.717, 1.165) is 10.8 Å². The van der Waals surface area contributed by atoms with Crippen LogP contribution in [0.2, 0.25) is 0 Å². The molecule has 134 valence electrons. The van der Waals surface area contributed by atoms with Crippen molar-refractivity contribution in [2.75, 3.05) is 0 Å². The molecule has 1 heterocycles. The quantitative estimate of drug-likeness (QED) is 0.651. The van der Waals surface area contributed by atoms with Crippen LogP contribution >= 0.6 is 0 Å². The Morgan fingerprint density at radius 3 is 2.62 bits per heavy atom. The zero-order valence-electron chi connectivity index (χ0n) is 15.2. The molecule has 0 amide bonds. The minimum atomic E-state index is -0.466. The Bertz CT molecular complexity index is 903. The fourth-order valence-electron chi connectivity index (χ4n) is 2.58. The van der Waals surface area contributed by atoms with Crippen molar-refractivity contribution in [2.24, 2.45) is 0 Å². The summed E-state index contributed by atoms with van der Waals surface area (Å²) < 4.78 is 10.9. The second-order valence-corrected chi connectivity index (χ2v) is 5.37. The highest BCUT2D eigenvalue weighted by Crippen LogP contribution is 2.32. The van der Waals surface area contributed by atoms with E-state index in [1.165, 1.54) is 6.92 Å². The number of fused-ring (bicyclic) bond motifs is 3. The van der Waals surface area contributed by atoms with E-state index in [4.69, 9.17) is 9.47 Å². The van der Waals surface area contributed by atoms with E-state index in [1.54, 1.807) is 24.3 Å². The average Bonchev–Trinajstić information content (AvgIpc) is 2.64. The van der Waals surface area contributed by atoms with Crippen molar-refractivity contribution >= 4 is 22.5 Å². The molecule has 0 N–H and O–H groups in total. The van der Waals surface area contributed by atoms with Crippen LogP contribution in [0.1, 0.15) is 37.6 Å². The highest BCUT2D eigenvalue weighted by molar-refractivity contribution is 6.11. The Morgan fingerprint density at radius 2 is 1.88 bits per heavy atom. The maximum Gasteiger partial charge on any atom is 0.308 e. The van der Waals surface area contributed by atoms with Gasteiger partial charge in [-0.15, -0.1) is 0 Å². The molecule has 26 heavy (non-hydrogen) atoms. The molecule has 0 spiro atoms. The predicted octanol–water partition coefficient (Wildman–Crippen LogP) is 5.35. The second kappa shape index (κ2) is 8.81. The highest BCUT2D eigenvalue weighted by Gasteiger charge is 2.19. The molecular formula is C22H22O4. The van der Waals surface area contributed by atoms with Crippen LogP contribution < -0.4 is 4.74 Å². The molecule has 1 aliphatic heterocycles. The number of hydrogen-bond donors (Lipinski definition) is 0. The van der Waals surface area contributed by atoms with Crippen molar-refractivity contribution in [3.63, 3.8) is 0 Å². The average molecular weight is 350 g/mol. The summed E-state index contributed by atoms with van der Waals surface area (Å²) in [6, 6.07) is 11.2. The van der Waals surface area contributed by atoms with E-state index in [2.05, 4.69) is 6.58 Å². The van der Waals surface area contributed by atoms with Crippen LogP contribution in [0.3, 0.4) is 0 Å². The Labute approximate surface area is 153 Å². The molecule has 1 aliphatic rings. The second-order valence-electron chi connectivity index (χ2n) is 5.37. The first-order valence-electron chi connectivity index (χ1n) is 8.53. The van der Waals surface area contributed by atoms with Gasteiger partial charge >= 0.3 is 5.97 Å². The highest BCUT2D eigenvalue weighted by atomic mass is 16.6. The first-order valence-corrected chi connectivity index (χ1v) is 8.53. The summed E-state index contributed by atoms with van der Waals surface area (Å²) in [7, 11) is 0. The molecule has 0 aromatic heterocycles. The van der Waals surface area contributed by atoms with Crippen molar-refractivity contribution in [2.45, 2.75) is 27.2 Å². The summed E-state index contributed by atoms with van der Waals surface area (Å²) in [6.45, 7) is 9.12. The van der Waals surface area contributed by atoms with Crippen molar-refractivity contribution in [1.29, 1.82) is 0 Å². The smallest absolute Gasteiger partial charge is 0.308 e. The largest absolute Gasteiger partial charge is 0.453 e. The van der Waals surface area contributed by atoms with Gasteiger partial charge in [0, 0.05) is 13.3 Å². The first kappa shape index (κ1) is 19.2. The van der Waals surface area contributed by atoms with Gasteiger partial charge in [0.15, 0.2) is 17.3 Å². The molecule has 0 aliphatic carbocycles. The maximum absolute atomic E-state index is 12.6. The van der Waals surface area contributed by atoms with Crippen LogP contribution in [-0.2, 0) is 9.53 Å². The van der Waals surface area contributed by atoms with Gasteiger partial charge in [0.2, 0.25) is 0 Å². The fourth-order valence-corrected chi connectivity index (χ4v) is 2.58. The SMILES string of the molecule is C=C1Oc2ccc3ccccc3c2C(=O)C/C=C\C=C/1OC(C)=O.CC. The van der Waals surface area contributed by atoms with Crippen molar-refractivity contribution in [3.05, 3.63) is 78.3 Å². The van der Waals surface area contributed by atoms with E-state index in [9.17, 15) is 9.59 Å². The molecule has 0 atom stereocenters. The monoisotopic (exact) mass is 350 g/mol. The third kappa shape index (κ3) is 4.28. The predicted molar refractivity (Wildman–Crippen MR) is 103 cm³/mol. The molecule has 0 radical (unpaired) electrons. The van der Waals surface area contributed by atoms with Gasteiger partial charge in [0.25, 0.3) is 0 Å². The number of ketones is 1. The molecule has 4 nitrogen and oxygen atoms in total. The Hall–Kier alpha value is -3.14.